The van der Waals surface area contributed by atoms with Crippen LogP contribution >= 0.6 is 34.0 Å². The molecule has 0 aliphatic heterocycles. The molecule has 0 saturated heterocycles. The summed E-state index contributed by atoms with van der Waals surface area (Å²) in [6.07, 6.45) is 0.993. The maximum Gasteiger partial charge on any atom is 0.345 e. The second-order valence-corrected chi connectivity index (χ2v) is 7.72. The smallest absolute Gasteiger partial charge is 0.345 e. The van der Waals surface area contributed by atoms with Crippen LogP contribution in [0.4, 0.5) is 0 Å². The number of hydrogen-bond acceptors (Lipinski definition) is 4. The third-order valence-corrected chi connectivity index (χ3v) is 7.05. The van der Waals surface area contributed by atoms with Crippen molar-refractivity contribution in [2.45, 2.75) is 20.3 Å². The van der Waals surface area contributed by atoms with Gasteiger partial charge in [-0.15, -0.1) is 34.0 Å². The molecule has 0 spiro atoms. The highest BCUT2D eigenvalue weighted by Gasteiger charge is 2.19. The lowest BCUT2D eigenvalue weighted by Gasteiger charge is -1.99. The van der Waals surface area contributed by atoms with Crippen LogP contribution in [-0.2, 0) is 6.42 Å². The van der Waals surface area contributed by atoms with E-state index in [0.717, 1.165) is 11.3 Å². The molecule has 21 heavy (non-hydrogen) atoms. The Bertz CT molecular complexity index is 779. The zero-order valence-electron chi connectivity index (χ0n) is 11.7. The van der Waals surface area contributed by atoms with Crippen molar-refractivity contribution in [1.29, 1.82) is 0 Å². The van der Waals surface area contributed by atoms with E-state index in [4.69, 9.17) is 5.11 Å². The summed E-state index contributed by atoms with van der Waals surface area (Å²) in [5.74, 6) is -0.852. The van der Waals surface area contributed by atoms with Gasteiger partial charge in [0.15, 0.2) is 0 Å². The number of rotatable bonds is 4. The molecular formula is C16H14O2S3. The van der Waals surface area contributed by atoms with Gasteiger partial charge in [-0.3, -0.25) is 0 Å². The SMILES string of the molecule is CCc1c(-c2cccs2)sc(-c2ccc(C(=O)O)s2)c1C. The minimum Gasteiger partial charge on any atom is -0.477 e. The first-order valence-corrected chi connectivity index (χ1v) is 9.12. The van der Waals surface area contributed by atoms with Gasteiger partial charge in [0.2, 0.25) is 0 Å². The van der Waals surface area contributed by atoms with Crippen molar-refractivity contribution in [3.05, 3.63) is 45.6 Å². The number of aromatic carboxylic acids is 1. The fourth-order valence-electron chi connectivity index (χ4n) is 2.39. The van der Waals surface area contributed by atoms with E-state index >= 15 is 0 Å². The lowest BCUT2D eigenvalue weighted by atomic mass is 10.1. The normalized spacial score (nSPS) is 11.0. The molecule has 0 aliphatic carbocycles. The zero-order chi connectivity index (χ0) is 15.0. The molecule has 3 heterocycles. The first-order valence-electron chi connectivity index (χ1n) is 6.61. The molecule has 1 N–H and O–H groups in total. The minimum absolute atomic E-state index is 0.397. The number of carboxylic acid groups (broad SMARTS) is 1. The standard InChI is InChI=1S/C16H14O2S3/c1-3-10-9(2)14(12-6-7-13(20-12)16(17)18)21-15(10)11-5-4-8-19-11/h4-8H,3H2,1-2H3,(H,17,18). The van der Waals surface area contributed by atoms with Gasteiger partial charge in [-0.25, -0.2) is 4.79 Å². The molecule has 3 aromatic heterocycles. The van der Waals surface area contributed by atoms with Crippen LogP contribution in [0.5, 0.6) is 0 Å². The van der Waals surface area contributed by atoms with E-state index in [2.05, 4.69) is 31.4 Å². The fraction of sp³-hybridized carbons (Fsp3) is 0.188. The molecule has 3 aromatic rings. The van der Waals surface area contributed by atoms with E-state index in [1.165, 1.54) is 37.1 Å². The highest BCUT2D eigenvalue weighted by molar-refractivity contribution is 7.26. The summed E-state index contributed by atoms with van der Waals surface area (Å²) in [6.45, 7) is 4.31. The summed E-state index contributed by atoms with van der Waals surface area (Å²) >= 11 is 4.88. The van der Waals surface area contributed by atoms with Crippen LogP contribution in [-0.4, -0.2) is 11.1 Å². The molecule has 0 aromatic carbocycles. The maximum absolute atomic E-state index is 11.1. The van der Waals surface area contributed by atoms with Crippen LogP contribution in [0.3, 0.4) is 0 Å². The third-order valence-electron chi connectivity index (χ3n) is 3.41. The first kappa shape index (κ1) is 14.5. The van der Waals surface area contributed by atoms with Gasteiger partial charge < -0.3 is 5.11 Å². The van der Waals surface area contributed by atoms with E-state index in [9.17, 15) is 4.79 Å². The number of hydrogen-bond donors (Lipinski definition) is 1. The Morgan fingerprint density at radius 2 is 1.95 bits per heavy atom. The second-order valence-electron chi connectivity index (χ2n) is 4.66. The molecule has 0 fully saturated rings. The average molecular weight is 334 g/mol. The summed E-state index contributed by atoms with van der Waals surface area (Å²) in [7, 11) is 0. The maximum atomic E-state index is 11.1. The van der Waals surface area contributed by atoms with Crippen LogP contribution in [0.15, 0.2) is 29.6 Å². The molecular weight excluding hydrogens is 320 g/mol. The van der Waals surface area contributed by atoms with Crippen LogP contribution < -0.4 is 0 Å². The molecule has 0 bridgehead atoms. The lowest BCUT2D eigenvalue weighted by molar-refractivity contribution is 0.0702. The van der Waals surface area contributed by atoms with Crippen molar-refractivity contribution in [2.75, 3.05) is 0 Å². The van der Waals surface area contributed by atoms with E-state index < -0.39 is 5.97 Å². The highest BCUT2D eigenvalue weighted by Crippen LogP contribution is 2.45. The molecule has 0 atom stereocenters. The largest absolute Gasteiger partial charge is 0.477 e. The van der Waals surface area contributed by atoms with Crippen LogP contribution in [0, 0.1) is 6.92 Å². The molecule has 0 saturated carbocycles. The predicted molar refractivity (Wildman–Crippen MR) is 92.0 cm³/mol. The van der Waals surface area contributed by atoms with Gasteiger partial charge >= 0.3 is 5.97 Å². The quantitative estimate of drug-likeness (QED) is 0.657. The Morgan fingerprint density at radius 1 is 1.14 bits per heavy atom. The molecule has 108 valence electrons. The van der Waals surface area contributed by atoms with Crippen molar-refractivity contribution in [1.82, 2.24) is 0 Å². The second kappa shape index (κ2) is 5.75. The summed E-state index contributed by atoms with van der Waals surface area (Å²) < 4.78 is 0. The third kappa shape index (κ3) is 2.57. The van der Waals surface area contributed by atoms with Gasteiger partial charge in [-0.1, -0.05) is 13.0 Å². The number of carbonyl (C=O) groups is 1. The summed E-state index contributed by atoms with van der Waals surface area (Å²) in [6, 6.07) is 7.83. The van der Waals surface area contributed by atoms with Crippen molar-refractivity contribution in [2.24, 2.45) is 0 Å². The average Bonchev–Trinajstić information content (AvgIpc) is 3.17. The molecule has 3 rings (SSSR count). The summed E-state index contributed by atoms with van der Waals surface area (Å²) in [5.41, 5.74) is 2.66. The van der Waals surface area contributed by atoms with E-state index in [1.807, 2.05) is 6.07 Å². The van der Waals surface area contributed by atoms with Gasteiger partial charge in [0, 0.05) is 19.5 Å². The van der Waals surface area contributed by atoms with E-state index in [0.29, 0.717) is 4.88 Å². The summed E-state index contributed by atoms with van der Waals surface area (Å²) in [5, 5.41) is 11.2. The zero-order valence-corrected chi connectivity index (χ0v) is 14.1. The Morgan fingerprint density at radius 3 is 2.52 bits per heavy atom. The van der Waals surface area contributed by atoms with Crippen LogP contribution in [0.2, 0.25) is 0 Å². The Labute approximate surface area is 135 Å². The topological polar surface area (TPSA) is 37.3 Å². The first-order chi connectivity index (χ1) is 10.1. The molecule has 0 unspecified atom stereocenters. The molecule has 0 aliphatic rings. The van der Waals surface area contributed by atoms with Gasteiger partial charge in [-0.05, 0) is 48.1 Å². The molecule has 5 heteroatoms. The van der Waals surface area contributed by atoms with Crippen molar-refractivity contribution in [3.8, 4) is 19.5 Å². The highest BCUT2D eigenvalue weighted by atomic mass is 32.1. The van der Waals surface area contributed by atoms with Crippen LogP contribution in [0.25, 0.3) is 19.5 Å². The van der Waals surface area contributed by atoms with E-state index in [1.54, 1.807) is 28.7 Å². The summed E-state index contributed by atoms with van der Waals surface area (Å²) in [4.78, 5) is 16.3. The number of carboxylic acids is 1. The molecule has 0 amide bonds. The predicted octanol–water partition coefficient (Wildman–Crippen LogP) is 5.77. The van der Waals surface area contributed by atoms with Crippen molar-refractivity contribution < 1.29 is 9.90 Å². The Hall–Kier alpha value is -1.43. The van der Waals surface area contributed by atoms with Crippen molar-refractivity contribution >= 4 is 40.0 Å². The minimum atomic E-state index is -0.852. The lowest BCUT2D eigenvalue weighted by Crippen LogP contribution is -1.89. The monoisotopic (exact) mass is 334 g/mol. The Kier molecular flexibility index (Phi) is 3.97. The van der Waals surface area contributed by atoms with Gasteiger partial charge in [0.1, 0.15) is 4.88 Å². The Balaban J connectivity index is 2.13. The van der Waals surface area contributed by atoms with Crippen molar-refractivity contribution in [3.63, 3.8) is 0 Å². The number of thiophene rings is 3. The van der Waals surface area contributed by atoms with Crippen LogP contribution in [0.1, 0.15) is 27.7 Å². The van der Waals surface area contributed by atoms with E-state index in [-0.39, 0.29) is 0 Å². The fourth-order valence-corrected chi connectivity index (χ4v) is 5.68. The van der Waals surface area contributed by atoms with Gasteiger partial charge in [0.05, 0.1) is 0 Å². The van der Waals surface area contributed by atoms with Gasteiger partial charge in [-0.2, -0.15) is 0 Å². The molecule has 0 radical (unpaired) electrons. The molecule has 2 nitrogen and oxygen atoms in total. The van der Waals surface area contributed by atoms with Gasteiger partial charge in [0.25, 0.3) is 0 Å².